The molecule has 1 aromatic carbocycles. The summed E-state index contributed by atoms with van der Waals surface area (Å²) in [4.78, 5) is 16.6. The first-order chi connectivity index (χ1) is 13.2. The number of carbonyl (C=O) groups excluding carboxylic acids is 1. The molecule has 0 aliphatic carbocycles. The van der Waals surface area contributed by atoms with Gasteiger partial charge in [0.2, 0.25) is 5.91 Å². The molecule has 0 aliphatic rings. The van der Waals surface area contributed by atoms with Crippen molar-refractivity contribution in [2.75, 3.05) is 12.4 Å². The van der Waals surface area contributed by atoms with Gasteiger partial charge in [0, 0.05) is 30.5 Å². The van der Waals surface area contributed by atoms with Gasteiger partial charge in [-0.15, -0.1) is 10.2 Å². The molecule has 3 heterocycles. The minimum atomic E-state index is -0.0431. The molecule has 7 nitrogen and oxygen atoms in total. The molecule has 0 bridgehead atoms. The summed E-state index contributed by atoms with van der Waals surface area (Å²) < 4.78 is 7.14. The molecule has 4 aromatic rings. The molecular formula is C20H19N5O2. The lowest BCUT2D eigenvalue weighted by atomic mass is 10.2. The zero-order valence-corrected chi connectivity index (χ0v) is 14.9. The van der Waals surface area contributed by atoms with Gasteiger partial charge in [0.1, 0.15) is 11.6 Å². The van der Waals surface area contributed by atoms with E-state index in [1.807, 2.05) is 53.1 Å². The average molecular weight is 361 g/mol. The quantitative estimate of drug-likeness (QED) is 0.570. The second-order valence-corrected chi connectivity index (χ2v) is 6.23. The second-order valence-electron chi connectivity index (χ2n) is 6.23. The van der Waals surface area contributed by atoms with Crippen molar-refractivity contribution in [2.24, 2.45) is 0 Å². The zero-order chi connectivity index (χ0) is 18.6. The molecule has 3 aromatic heterocycles. The van der Waals surface area contributed by atoms with Gasteiger partial charge < -0.3 is 10.1 Å². The molecule has 0 saturated heterocycles. The van der Waals surface area contributed by atoms with E-state index < -0.39 is 0 Å². The van der Waals surface area contributed by atoms with Crippen LogP contribution < -0.4 is 10.1 Å². The van der Waals surface area contributed by atoms with E-state index >= 15 is 0 Å². The molecule has 1 N–H and O–H groups in total. The molecule has 7 heteroatoms. The number of hydrogen-bond acceptors (Lipinski definition) is 5. The third-order valence-electron chi connectivity index (χ3n) is 4.36. The normalized spacial score (nSPS) is 11.0. The Morgan fingerprint density at radius 1 is 1.19 bits per heavy atom. The molecule has 4 rings (SSSR count). The SMILES string of the molecule is COc1ccc2cc(NC(=O)CCCc3nnc4ccccn34)cnc2c1. The number of nitrogens with zero attached hydrogens (tertiary/aromatic N) is 4. The molecular weight excluding hydrogens is 342 g/mol. The van der Waals surface area contributed by atoms with Crippen LogP contribution in [-0.4, -0.2) is 32.6 Å². The van der Waals surface area contributed by atoms with Gasteiger partial charge in [-0.25, -0.2) is 0 Å². The van der Waals surface area contributed by atoms with Crippen molar-refractivity contribution in [3.05, 3.63) is 60.7 Å². The molecule has 0 unspecified atom stereocenters. The summed E-state index contributed by atoms with van der Waals surface area (Å²) in [7, 11) is 1.62. The van der Waals surface area contributed by atoms with Gasteiger partial charge in [-0.2, -0.15) is 0 Å². The Morgan fingerprint density at radius 2 is 2.11 bits per heavy atom. The molecule has 136 valence electrons. The minimum absolute atomic E-state index is 0.0431. The molecule has 27 heavy (non-hydrogen) atoms. The van der Waals surface area contributed by atoms with Gasteiger partial charge in [0.25, 0.3) is 0 Å². The topological polar surface area (TPSA) is 81.4 Å². The summed E-state index contributed by atoms with van der Waals surface area (Å²) in [6.07, 6.45) is 5.38. The van der Waals surface area contributed by atoms with Crippen molar-refractivity contribution in [3.8, 4) is 5.75 Å². The number of ether oxygens (including phenoxy) is 1. The molecule has 0 atom stereocenters. The number of nitrogens with one attached hydrogen (secondary N) is 1. The van der Waals surface area contributed by atoms with Gasteiger partial charge >= 0.3 is 0 Å². The third kappa shape index (κ3) is 3.72. The number of methoxy groups -OCH3 is 1. The van der Waals surface area contributed by atoms with Crippen molar-refractivity contribution in [1.82, 2.24) is 19.6 Å². The number of hydrogen-bond donors (Lipinski definition) is 1. The number of carbonyl (C=O) groups is 1. The van der Waals surface area contributed by atoms with Crippen LogP contribution in [0.1, 0.15) is 18.7 Å². The Hall–Kier alpha value is -3.48. The van der Waals surface area contributed by atoms with Crippen LogP contribution in [0.3, 0.4) is 0 Å². The third-order valence-corrected chi connectivity index (χ3v) is 4.36. The van der Waals surface area contributed by atoms with Gasteiger partial charge in [-0.3, -0.25) is 14.2 Å². The number of rotatable bonds is 6. The van der Waals surface area contributed by atoms with E-state index in [1.54, 1.807) is 13.3 Å². The molecule has 1 amide bonds. The molecule has 0 saturated carbocycles. The summed E-state index contributed by atoms with van der Waals surface area (Å²) in [5.41, 5.74) is 2.33. The Balaban J connectivity index is 1.35. The van der Waals surface area contributed by atoms with Crippen molar-refractivity contribution in [2.45, 2.75) is 19.3 Å². The van der Waals surface area contributed by atoms with E-state index in [0.29, 0.717) is 24.9 Å². The van der Waals surface area contributed by atoms with Crippen LogP contribution in [-0.2, 0) is 11.2 Å². The van der Waals surface area contributed by atoms with Crippen molar-refractivity contribution in [1.29, 1.82) is 0 Å². The highest BCUT2D eigenvalue weighted by atomic mass is 16.5. The Kier molecular flexibility index (Phi) is 4.65. The van der Waals surface area contributed by atoms with Crippen molar-refractivity contribution in [3.63, 3.8) is 0 Å². The van der Waals surface area contributed by atoms with Crippen LogP contribution >= 0.6 is 0 Å². The summed E-state index contributed by atoms with van der Waals surface area (Å²) in [6, 6.07) is 13.3. The predicted octanol–water partition coefficient (Wildman–Crippen LogP) is 3.25. The Morgan fingerprint density at radius 3 is 3.00 bits per heavy atom. The van der Waals surface area contributed by atoms with Gasteiger partial charge in [-0.05, 0) is 36.8 Å². The van der Waals surface area contributed by atoms with Gasteiger partial charge in [0.15, 0.2) is 5.65 Å². The minimum Gasteiger partial charge on any atom is -0.497 e. The lowest BCUT2D eigenvalue weighted by Crippen LogP contribution is -2.12. The van der Waals surface area contributed by atoms with E-state index in [0.717, 1.165) is 28.1 Å². The monoisotopic (exact) mass is 361 g/mol. The highest BCUT2D eigenvalue weighted by Crippen LogP contribution is 2.21. The van der Waals surface area contributed by atoms with E-state index in [2.05, 4.69) is 20.5 Å². The van der Waals surface area contributed by atoms with Crippen LogP contribution in [0.25, 0.3) is 16.6 Å². The number of benzene rings is 1. The molecule has 0 radical (unpaired) electrons. The smallest absolute Gasteiger partial charge is 0.224 e. The number of aryl methyl sites for hydroxylation is 1. The first-order valence-corrected chi connectivity index (χ1v) is 8.75. The second kappa shape index (κ2) is 7.41. The average Bonchev–Trinajstić information content (AvgIpc) is 3.11. The van der Waals surface area contributed by atoms with E-state index in [1.165, 1.54) is 0 Å². The lowest BCUT2D eigenvalue weighted by Gasteiger charge is -2.07. The highest BCUT2D eigenvalue weighted by Gasteiger charge is 2.08. The number of aromatic nitrogens is 4. The van der Waals surface area contributed by atoms with Gasteiger partial charge in [0.05, 0.1) is 24.5 Å². The standard InChI is InChI=1S/C20H19N5O2/c1-27-16-9-8-14-11-15(13-21-17(14)12-16)22-20(26)7-4-6-19-24-23-18-5-2-3-10-25(18)19/h2-3,5,8-13H,4,6-7H2,1H3,(H,22,26). The highest BCUT2D eigenvalue weighted by molar-refractivity contribution is 5.93. The Bertz CT molecular complexity index is 1110. The van der Waals surface area contributed by atoms with Crippen molar-refractivity contribution < 1.29 is 9.53 Å². The lowest BCUT2D eigenvalue weighted by molar-refractivity contribution is -0.116. The maximum absolute atomic E-state index is 12.2. The van der Waals surface area contributed by atoms with Crippen molar-refractivity contribution >= 4 is 28.1 Å². The predicted molar refractivity (Wildman–Crippen MR) is 103 cm³/mol. The molecule has 0 aliphatic heterocycles. The number of amides is 1. The number of pyridine rings is 2. The molecule has 0 fully saturated rings. The number of fused-ring (bicyclic) bond motifs is 2. The van der Waals surface area contributed by atoms with Crippen LogP contribution in [0.2, 0.25) is 0 Å². The van der Waals surface area contributed by atoms with E-state index in [-0.39, 0.29) is 5.91 Å². The summed E-state index contributed by atoms with van der Waals surface area (Å²) in [5, 5.41) is 12.2. The fourth-order valence-corrected chi connectivity index (χ4v) is 2.99. The first kappa shape index (κ1) is 17.0. The van der Waals surface area contributed by atoms with Crippen LogP contribution in [0, 0.1) is 0 Å². The van der Waals surface area contributed by atoms with E-state index in [9.17, 15) is 4.79 Å². The fourth-order valence-electron chi connectivity index (χ4n) is 2.99. The van der Waals surface area contributed by atoms with Gasteiger partial charge in [-0.1, -0.05) is 6.07 Å². The van der Waals surface area contributed by atoms with E-state index in [4.69, 9.17) is 4.74 Å². The Labute approximate surface area is 156 Å². The van der Waals surface area contributed by atoms with Crippen LogP contribution in [0.15, 0.2) is 54.9 Å². The molecule has 0 spiro atoms. The summed E-state index contributed by atoms with van der Waals surface area (Å²) in [5.74, 6) is 1.57. The summed E-state index contributed by atoms with van der Waals surface area (Å²) in [6.45, 7) is 0. The first-order valence-electron chi connectivity index (χ1n) is 8.75. The van der Waals surface area contributed by atoms with Crippen LogP contribution in [0.4, 0.5) is 5.69 Å². The summed E-state index contributed by atoms with van der Waals surface area (Å²) >= 11 is 0. The fraction of sp³-hybridized carbons (Fsp3) is 0.200. The maximum atomic E-state index is 12.2. The zero-order valence-electron chi connectivity index (χ0n) is 14.9. The number of anilines is 1. The largest absolute Gasteiger partial charge is 0.497 e. The maximum Gasteiger partial charge on any atom is 0.224 e. The van der Waals surface area contributed by atoms with Crippen LogP contribution in [0.5, 0.6) is 5.75 Å².